The molecule has 0 aromatic heterocycles. The van der Waals surface area contributed by atoms with E-state index in [2.05, 4.69) is 23.6 Å². The lowest BCUT2D eigenvalue weighted by atomic mass is 10.1. The van der Waals surface area contributed by atoms with E-state index in [-0.39, 0.29) is 12.5 Å². The predicted octanol–water partition coefficient (Wildman–Crippen LogP) is 4.53. The summed E-state index contributed by atoms with van der Waals surface area (Å²) in [6, 6.07) is 13.6. The number of carbonyl (C=O) groups is 1. The molecular weight excluding hydrogens is 300 g/mol. The van der Waals surface area contributed by atoms with Crippen molar-refractivity contribution >= 4 is 17.3 Å². The van der Waals surface area contributed by atoms with E-state index in [9.17, 15) is 4.79 Å². The topological polar surface area (TPSA) is 50.4 Å². The molecule has 24 heavy (non-hydrogen) atoms. The number of rotatable bonds is 8. The van der Waals surface area contributed by atoms with Crippen molar-refractivity contribution < 1.29 is 9.53 Å². The number of benzene rings is 2. The summed E-state index contributed by atoms with van der Waals surface area (Å²) in [5, 5.41) is 6.03. The molecule has 4 heteroatoms. The van der Waals surface area contributed by atoms with Crippen LogP contribution < -0.4 is 15.4 Å². The van der Waals surface area contributed by atoms with Crippen LogP contribution in [0.4, 0.5) is 11.4 Å². The smallest absolute Gasteiger partial charge is 0.243 e. The average molecular weight is 326 g/mol. The van der Waals surface area contributed by atoms with Gasteiger partial charge in [0.05, 0.1) is 13.2 Å². The number of unbranched alkanes of at least 4 members (excludes halogenated alkanes) is 1. The summed E-state index contributed by atoms with van der Waals surface area (Å²) >= 11 is 0. The van der Waals surface area contributed by atoms with Crippen LogP contribution in [0.2, 0.25) is 0 Å². The molecule has 4 nitrogen and oxygen atoms in total. The van der Waals surface area contributed by atoms with E-state index in [0.717, 1.165) is 36.6 Å². The Balaban J connectivity index is 1.81. The maximum Gasteiger partial charge on any atom is 0.243 e. The van der Waals surface area contributed by atoms with Gasteiger partial charge in [-0.05, 0) is 67.8 Å². The Kier molecular flexibility index (Phi) is 6.67. The summed E-state index contributed by atoms with van der Waals surface area (Å²) in [7, 11) is 0. The summed E-state index contributed by atoms with van der Waals surface area (Å²) in [4.78, 5) is 12.0. The molecule has 0 aliphatic carbocycles. The van der Waals surface area contributed by atoms with Gasteiger partial charge in [-0.15, -0.1) is 0 Å². The average Bonchev–Trinajstić information content (AvgIpc) is 2.54. The molecule has 0 fully saturated rings. The largest absolute Gasteiger partial charge is 0.494 e. The Hall–Kier alpha value is -2.49. The molecule has 2 aromatic carbocycles. The Bertz CT molecular complexity index is 646. The first-order chi connectivity index (χ1) is 11.6. The minimum absolute atomic E-state index is 0.0752. The zero-order valence-electron chi connectivity index (χ0n) is 14.7. The lowest BCUT2D eigenvalue weighted by Crippen LogP contribution is -2.21. The van der Waals surface area contributed by atoms with Crippen molar-refractivity contribution in [2.45, 2.75) is 33.6 Å². The lowest BCUT2D eigenvalue weighted by Gasteiger charge is -2.10. The van der Waals surface area contributed by atoms with Crippen molar-refractivity contribution in [3.8, 4) is 5.75 Å². The first kappa shape index (κ1) is 17.9. The van der Waals surface area contributed by atoms with E-state index in [1.165, 1.54) is 11.1 Å². The fraction of sp³-hybridized carbons (Fsp3) is 0.350. The molecule has 0 heterocycles. The molecule has 0 spiro atoms. The maximum absolute atomic E-state index is 12.0. The molecule has 0 bridgehead atoms. The van der Waals surface area contributed by atoms with Gasteiger partial charge in [-0.1, -0.05) is 19.4 Å². The Labute approximate surface area is 144 Å². The van der Waals surface area contributed by atoms with Gasteiger partial charge in [0.25, 0.3) is 0 Å². The van der Waals surface area contributed by atoms with E-state index >= 15 is 0 Å². The Morgan fingerprint density at radius 3 is 2.29 bits per heavy atom. The van der Waals surface area contributed by atoms with E-state index in [0.29, 0.717) is 0 Å². The fourth-order valence-corrected chi connectivity index (χ4v) is 2.43. The highest BCUT2D eigenvalue weighted by molar-refractivity contribution is 5.93. The summed E-state index contributed by atoms with van der Waals surface area (Å²) < 4.78 is 5.61. The molecule has 2 N–H and O–H groups in total. The SMILES string of the molecule is CCCCOc1ccc(NC(=O)CNc2cc(C)cc(C)c2)cc1. The van der Waals surface area contributed by atoms with Gasteiger partial charge in [-0.25, -0.2) is 0 Å². The number of anilines is 2. The summed E-state index contributed by atoms with van der Waals surface area (Å²) in [5.41, 5.74) is 4.08. The van der Waals surface area contributed by atoms with E-state index in [1.54, 1.807) is 0 Å². The van der Waals surface area contributed by atoms with E-state index < -0.39 is 0 Å². The van der Waals surface area contributed by atoms with Gasteiger partial charge >= 0.3 is 0 Å². The van der Waals surface area contributed by atoms with Gasteiger partial charge in [-0.2, -0.15) is 0 Å². The third-order valence-electron chi connectivity index (χ3n) is 3.58. The molecule has 0 unspecified atom stereocenters. The highest BCUT2D eigenvalue weighted by Crippen LogP contribution is 2.16. The maximum atomic E-state index is 12.0. The van der Waals surface area contributed by atoms with Crippen molar-refractivity contribution in [3.05, 3.63) is 53.6 Å². The molecule has 0 saturated heterocycles. The Morgan fingerprint density at radius 1 is 1.00 bits per heavy atom. The standard InChI is InChI=1S/C20H26N2O2/c1-4-5-10-24-19-8-6-17(7-9-19)22-20(23)14-21-18-12-15(2)11-16(3)13-18/h6-9,11-13,21H,4-5,10,14H2,1-3H3,(H,22,23). The molecule has 0 aliphatic rings. The van der Waals surface area contributed by atoms with Gasteiger partial charge in [0.2, 0.25) is 5.91 Å². The van der Waals surface area contributed by atoms with E-state index in [1.807, 2.05) is 50.2 Å². The highest BCUT2D eigenvalue weighted by Gasteiger charge is 2.03. The quantitative estimate of drug-likeness (QED) is 0.701. The summed E-state index contributed by atoms with van der Waals surface area (Å²) in [6.45, 7) is 7.18. The van der Waals surface area contributed by atoms with Crippen LogP contribution in [0.1, 0.15) is 30.9 Å². The van der Waals surface area contributed by atoms with Gasteiger partial charge in [0, 0.05) is 11.4 Å². The fourth-order valence-electron chi connectivity index (χ4n) is 2.43. The number of carbonyl (C=O) groups excluding carboxylic acids is 1. The van der Waals surface area contributed by atoms with Crippen molar-refractivity contribution in [2.75, 3.05) is 23.8 Å². The van der Waals surface area contributed by atoms with Crippen LogP contribution in [-0.2, 0) is 4.79 Å². The van der Waals surface area contributed by atoms with Crippen LogP contribution in [0.5, 0.6) is 5.75 Å². The minimum atomic E-state index is -0.0752. The Morgan fingerprint density at radius 2 is 1.67 bits per heavy atom. The van der Waals surface area contributed by atoms with Gasteiger partial charge in [0.1, 0.15) is 5.75 Å². The second-order valence-corrected chi connectivity index (χ2v) is 6.00. The number of nitrogens with one attached hydrogen (secondary N) is 2. The van der Waals surface area contributed by atoms with Crippen LogP contribution in [0.25, 0.3) is 0 Å². The highest BCUT2D eigenvalue weighted by atomic mass is 16.5. The third-order valence-corrected chi connectivity index (χ3v) is 3.58. The van der Waals surface area contributed by atoms with Crippen LogP contribution in [0, 0.1) is 13.8 Å². The molecule has 2 rings (SSSR count). The molecule has 2 aromatic rings. The summed E-state index contributed by atoms with van der Waals surface area (Å²) in [6.07, 6.45) is 2.16. The van der Waals surface area contributed by atoms with Crippen molar-refractivity contribution in [3.63, 3.8) is 0 Å². The van der Waals surface area contributed by atoms with Crippen molar-refractivity contribution in [1.29, 1.82) is 0 Å². The minimum Gasteiger partial charge on any atom is -0.494 e. The number of aryl methyl sites for hydroxylation is 2. The molecule has 0 saturated carbocycles. The summed E-state index contributed by atoms with van der Waals surface area (Å²) in [5.74, 6) is 0.753. The van der Waals surface area contributed by atoms with Crippen LogP contribution in [0.15, 0.2) is 42.5 Å². The van der Waals surface area contributed by atoms with E-state index in [4.69, 9.17) is 4.74 Å². The third kappa shape index (κ3) is 5.95. The van der Waals surface area contributed by atoms with Gasteiger partial charge < -0.3 is 15.4 Å². The van der Waals surface area contributed by atoms with Crippen molar-refractivity contribution in [2.24, 2.45) is 0 Å². The zero-order chi connectivity index (χ0) is 17.4. The zero-order valence-corrected chi connectivity index (χ0v) is 14.7. The number of hydrogen-bond donors (Lipinski definition) is 2. The molecular formula is C20H26N2O2. The van der Waals surface area contributed by atoms with Gasteiger partial charge in [-0.3, -0.25) is 4.79 Å². The number of amides is 1. The predicted molar refractivity (Wildman–Crippen MR) is 99.9 cm³/mol. The lowest BCUT2D eigenvalue weighted by molar-refractivity contribution is -0.114. The number of hydrogen-bond acceptors (Lipinski definition) is 3. The first-order valence-electron chi connectivity index (χ1n) is 8.41. The van der Waals surface area contributed by atoms with Gasteiger partial charge in [0.15, 0.2) is 0 Å². The van der Waals surface area contributed by atoms with Crippen LogP contribution >= 0.6 is 0 Å². The second-order valence-electron chi connectivity index (χ2n) is 6.00. The molecule has 0 aliphatic heterocycles. The molecule has 128 valence electrons. The molecule has 0 atom stereocenters. The normalized spacial score (nSPS) is 10.3. The van der Waals surface area contributed by atoms with Crippen molar-refractivity contribution in [1.82, 2.24) is 0 Å². The number of ether oxygens (including phenoxy) is 1. The van der Waals surface area contributed by atoms with Crippen LogP contribution in [-0.4, -0.2) is 19.1 Å². The second kappa shape index (κ2) is 8.96. The monoisotopic (exact) mass is 326 g/mol. The van der Waals surface area contributed by atoms with Crippen LogP contribution in [0.3, 0.4) is 0 Å². The molecule has 1 amide bonds. The molecule has 0 radical (unpaired) electrons. The first-order valence-corrected chi connectivity index (χ1v) is 8.41.